The number of nitrogens with zero attached hydrogens (tertiary/aromatic N) is 4. The van der Waals surface area contributed by atoms with Crippen LogP contribution in [0.5, 0.6) is 0 Å². The number of benzene rings is 2. The van der Waals surface area contributed by atoms with Crippen LogP contribution in [0.15, 0.2) is 56.5 Å². The molecule has 2 aromatic carbocycles. The second kappa shape index (κ2) is 6.77. The Morgan fingerprint density at radius 3 is 2.69 bits per heavy atom. The van der Waals surface area contributed by atoms with E-state index in [0.717, 1.165) is 0 Å². The smallest absolute Gasteiger partial charge is 0.269 e. The molecule has 0 aliphatic heterocycles. The maximum Gasteiger partial charge on any atom is 0.269 e. The Balaban J connectivity index is 1.46. The van der Waals surface area contributed by atoms with Crippen molar-refractivity contribution in [2.24, 2.45) is 0 Å². The largest absolute Gasteiger partial charge is 0.431 e. The highest BCUT2D eigenvalue weighted by Gasteiger charge is 2.13. The van der Waals surface area contributed by atoms with Gasteiger partial charge in [-0.05, 0) is 30.3 Å². The third kappa shape index (κ3) is 3.39. The first-order valence-corrected chi connectivity index (χ1v) is 8.71. The van der Waals surface area contributed by atoms with Crippen molar-refractivity contribution >= 4 is 40.1 Å². The lowest BCUT2D eigenvalue weighted by Gasteiger charge is -1.94. The highest BCUT2D eigenvalue weighted by molar-refractivity contribution is 7.98. The molecule has 26 heavy (non-hydrogen) atoms. The van der Waals surface area contributed by atoms with Crippen LogP contribution in [0, 0.1) is 10.1 Å². The summed E-state index contributed by atoms with van der Waals surface area (Å²) in [6.45, 7) is 0. The minimum absolute atomic E-state index is 0.0000997. The molecule has 0 aliphatic carbocycles. The lowest BCUT2D eigenvalue weighted by molar-refractivity contribution is -0.384. The number of thioether (sulfide) groups is 1. The lowest BCUT2D eigenvalue weighted by Crippen LogP contribution is -1.87. The Hall–Kier alpha value is -2.91. The van der Waals surface area contributed by atoms with E-state index in [1.54, 1.807) is 30.3 Å². The van der Waals surface area contributed by atoms with E-state index in [-0.39, 0.29) is 5.69 Å². The Morgan fingerprint density at radius 1 is 1.12 bits per heavy atom. The summed E-state index contributed by atoms with van der Waals surface area (Å²) in [5.74, 6) is 1.06. The highest BCUT2D eigenvalue weighted by Crippen LogP contribution is 2.28. The molecule has 0 N–H and O–H groups in total. The summed E-state index contributed by atoms with van der Waals surface area (Å²) in [7, 11) is 0. The van der Waals surface area contributed by atoms with Crippen molar-refractivity contribution in [3.63, 3.8) is 0 Å². The fourth-order valence-corrected chi connectivity index (χ4v) is 3.06. The molecule has 10 heteroatoms. The maximum absolute atomic E-state index is 10.7. The molecule has 2 heterocycles. The van der Waals surface area contributed by atoms with Crippen molar-refractivity contribution in [1.29, 1.82) is 0 Å². The number of hydrogen-bond donors (Lipinski definition) is 0. The average molecular weight is 389 g/mol. The lowest BCUT2D eigenvalue weighted by atomic mass is 10.2. The summed E-state index contributed by atoms with van der Waals surface area (Å²) < 4.78 is 11.2. The zero-order valence-corrected chi connectivity index (χ0v) is 14.5. The molecular formula is C16H9ClN4O4S. The van der Waals surface area contributed by atoms with Crippen LogP contribution in [0.1, 0.15) is 5.89 Å². The molecule has 0 radical (unpaired) electrons. The van der Waals surface area contributed by atoms with Crippen LogP contribution in [-0.4, -0.2) is 20.1 Å². The third-order valence-corrected chi connectivity index (χ3v) is 4.49. The van der Waals surface area contributed by atoms with Gasteiger partial charge >= 0.3 is 0 Å². The van der Waals surface area contributed by atoms with E-state index in [1.165, 1.54) is 23.9 Å². The summed E-state index contributed by atoms with van der Waals surface area (Å²) in [6, 6.07) is 11.1. The van der Waals surface area contributed by atoms with Gasteiger partial charge in [-0.2, -0.15) is 0 Å². The first kappa shape index (κ1) is 16.6. The molecule has 2 aromatic heterocycles. The van der Waals surface area contributed by atoms with Gasteiger partial charge in [0, 0.05) is 22.7 Å². The molecule has 0 fully saturated rings. The van der Waals surface area contributed by atoms with E-state index in [0.29, 0.717) is 44.4 Å². The number of hydrogen-bond acceptors (Lipinski definition) is 8. The molecule has 0 saturated carbocycles. The first-order chi connectivity index (χ1) is 12.6. The van der Waals surface area contributed by atoms with Crippen LogP contribution in [-0.2, 0) is 5.75 Å². The summed E-state index contributed by atoms with van der Waals surface area (Å²) in [5.41, 5.74) is 1.93. The third-order valence-electron chi connectivity index (χ3n) is 3.44. The van der Waals surface area contributed by atoms with E-state index >= 15 is 0 Å². The van der Waals surface area contributed by atoms with Crippen molar-refractivity contribution in [2.75, 3.05) is 0 Å². The first-order valence-electron chi connectivity index (χ1n) is 7.34. The van der Waals surface area contributed by atoms with Gasteiger partial charge in [0.25, 0.3) is 10.9 Å². The van der Waals surface area contributed by atoms with E-state index in [2.05, 4.69) is 15.2 Å². The number of aromatic nitrogens is 3. The second-order valence-corrected chi connectivity index (χ2v) is 6.55. The zero-order chi connectivity index (χ0) is 18.1. The molecule has 0 amide bonds. The zero-order valence-electron chi connectivity index (χ0n) is 13.0. The minimum Gasteiger partial charge on any atom is -0.431 e. The minimum atomic E-state index is -0.465. The summed E-state index contributed by atoms with van der Waals surface area (Å²) in [5, 5.41) is 19.7. The van der Waals surface area contributed by atoms with E-state index < -0.39 is 4.92 Å². The molecule has 0 aliphatic rings. The molecule has 8 nitrogen and oxygen atoms in total. The Bertz CT molecular complexity index is 1090. The summed E-state index contributed by atoms with van der Waals surface area (Å²) in [6.07, 6.45) is 0. The predicted octanol–water partition coefficient (Wildman–Crippen LogP) is 4.73. The molecular weight excluding hydrogens is 380 g/mol. The normalized spacial score (nSPS) is 11.1. The summed E-state index contributed by atoms with van der Waals surface area (Å²) in [4.78, 5) is 14.6. The van der Waals surface area contributed by atoms with Gasteiger partial charge in [-0.15, -0.1) is 10.2 Å². The van der Waals surface area contributed by atoms with Crippen LogP contribution in [0.3, 0.4) is 0 Å². The van der Waals surface area contributed by atoms with Crippen LogP contribution < -0.4 is 0 Å². The molecule has 4 rings (SSSR count). The van der Waals surface area contributed by atoms with Gasteiger partial charge in [0.15, 0.2) is 5.58 Å². The van der Waals surface area contributed by atoms with E-state index in [1.807, 2.05) is 0 Å². The number of nitro groups is 1. The number of oxazole rings is 1. The number of fused-ring (bicyclic) bond motifs is 1. The van der Waals surface area contributed by atoms with Crippen LogP contribution >= 0.6 is 23.4 Å². The number of halogens is 1. The SMILES string of the molecule is O=[N+]([O-])c1ccc(-c2nnc(CSc3nc4cc(Cl)ccc4o3)o2)cc1. The van der Waals surface area contributed by atoms with Crippen molar-refractivity contribution in [2.45, 2.75) is 11.0 Å². The molecule has 0 atom stereocenters. The van der Waals surface area contributed by atoms with Crippen LogP contribution in [0.4, 0.5) is 5.69 Å². The van der Waals surface area contributed by atoms with Crippen molar-refractivity contribution in [1.82, 2.24) is 15.2 Å². The van der Waals surface area contributed by atoms with Gasteiger partial charge in [-0.25, -0.2) is 4.98 Å². The van der Waals surface area contributed by atoms with Crippen LogP contribution in [0.2, 0.25) is 5.02 Å². The van der Waals surface area contributed by atoms with Gasteiger partial charge in [0.05, 0.1) is 10.7 Å². The monoisotopic (exact) mass is 388 g/mol. The standard InChI is InChI=1S/C16H9ClN4O4S/c17-10-3-6-13-12(7-10)18-16(24-13)26-8-14-19-20-15(25-14)9-1-4-11(5-2-9)21(22)23/h1-7H,8H2. The van der Waals surface area contributed by atoms with Crippen LogP contribution in [0.25, 0.3) is 22.6 Å². The summed E-state index contributed by atoms with van der Waals surface area (Å²) >= 11 is 7.24. The van der Waals surface area contributed by atoms with Gasteiger partial charge in [-0.3, -0.25) is 10.1 Å². The maximum atomic E-state index is 10.7. The van der Waals surface area contributed by atoms with E-state index in [4.69, 9.17) is 20.4 Å². The second-order valence-electron chi connectivity index (χ2n) is 5.19. The quantitative estimate of drug-likeness (QED) is 0.274. The van der Waals surface area contributed by atoms with Crippen molar-refractivity contribution < 1.29 is 13.8 Å². The van der Waals surface area contributed by atoms with Crippen molar-refractivity contribution in [3.8, 4) is 11.5 Å². The topological polar surface area (TPSA) is 108 Å². The van der Waals surface area contributed by atoms with Gasteiger partial charge < -0.3 is 8.83 Å². The Labute approximate surface area is 155 Å². The predicted molar refractivity (Wildman–Crippen MR) is 95.0 cm³/mol. The molecule has 130 valence electrons. The van der Waals surface area contributed by atoms with Gasteiger partial charge in [0.2, 0.25) is 11.8 Å². The molecule has 0 bridgehead atoms. The average Bonchev–Trinajstić information content (AvgIpc) is 3.26. The fraction of sp³-hybridized carbons (Fsp3) is 0.0625. The molecule has 4 aromatic rings. The number of rotatable bonds is 5. The van der Waals surface area contributed by atoms with Gasteiger partial charge in [-0.1, -0.05) is 23.4 Å². The Kier molecular flexibility index (Phi) is 4.31. The highest BCUT2D eigenvalue weighted by atomic mass is 35.5. The molecule has 0 saturated heterocycles. The molecule has 0 unspecified atom stereocenters. The number of nitro benzene ring substituents is 1. The van der Waals surface area contributed by atoms with Gasteiger partial charge in [0.1, 0.15) is 5.52 Å². The van der Waals surface area contributed by atoms with Crippen molar-refractivity contribution in [3.05, 3.63) is 63.5 Å². The van der Waals surface area contributed by atoms with E-state index in [9.17, 15) is 10.1 Å². The Morgan fingerprint density at radius 2 is 1.92 bits per heavy atom. The fourth-order valence-electron chi connectivity index (χ4n) is 2.22. The molecule has 0 spiro atoms. The number of non-ortho nitro benzene ring substituents is 1.